The van der Waals surface area contributed by atoms with Gasteiger partial charge >= 0.3 is 0 Å². The van der Waals surface area contributed by atoms with Gasteiger partial charge in [0, 0.05) is 43.6 Å². The van der Waals surface area contributed by atoms with E-state index in [2.05, 4.69) is 22.0 Å². The number of hydrogen-bond acceptors (Lipinski definition) is 4. The average Bonchev–Trinajstić information content (AvgIpc) is 3.25. The van der Waals surface area contributed by atoms with Crippen LogP contribution in [0, 0.1) is 0 Å². The molecule has 3 aromatic rings. The average molecular weight is 510 g/mol. The van der Waals surface area contributed by atoms with E-state index in [-0.39, 0.29) is 21.4 Å². The quantitative estimate of drug-likeness (QED) is 0.504. The Labute approximate surface area is 210 Å². The normalized spacial score (nSPS) is 21.3. The number of allylic oxidation sites excluding steroid dienone is 3. The molecule has 1 N–H and O–H groups in total. The second-order valence-corrected chi connectivity index (χ2v) is 12.1. The molecule has 5 rings (SSSR count). The number of carbonyl (C=O) groups is 1. The summed E-state index contributed by atoms with van der Waals surface area (Å²) in [5, 5.41) is 0.520. The standard InChI is InChI=1S/C27H28ClN3O3S/c1-27(28)13-11-21(12-14-27)35(33,34)25-22-9-5-6-10-23(22)29-24(25)26(32)31-17-15-30(16-18-31)19-20-7-3-2-4-8-20/h2-13,29H,14-19H2,1H3. The molecule has 35 heavy (non-hydrogen) atoms. The topological polar surface area (TPSA) is 73.5 Å². The van der Waals surface area contributed by atoms with Crippen LogP contribution in [0.15, 0.2) is 82.6 Å². The van der Waals surface area contributed by atoms with E-state index in [0.717, 1.165) is 19.6 Å². The summed E-state index contributed by atoms with van der Waals surface area (Å²) >= 11 is 6.36. The lowest BCUT2D eigenvalue weighted by atomic mass is 10.0. The van der Waals surface area contributed by atoms with E-state index in [9.17, 15) is 13.2 Å². The molecule has 8 heteroatoms. The number of amides is 1. The number of alkyl halides is 1. The van der Waals surface area contributed by atoms with Gasteiger partial charge in [-0.25, -0.2) is 8.42 Å². The van der Waals surface area contributed by atoms with E-state index in [1.165, 1.54) is 5.56 Å². The third kappa shape index (κ3) is 4.81. The smallest absolute Gasteiger partial charge is 0.271 e. The number of aromatic amines is 1. The van der Waals surface area contributed by atoms with Gasteiger partial charge in [-0.1, -0.05) is 60.7 Å². The fraction of sp³-hybridized carbons (Fsp3) is 0.296. The Morgan fingerprint density at radius 1 is 1.03 bits per heavy atom. The van der Waals surface area contributed by atoms with Crippen LogP contribution in [-0.2, 0) is 16.4 Å². The third-order valence-electron chi connectivity index (χ3n) is 6.66. The fourth-order valence-corrected chi connectivity index (χ4v) is 6.46. The fourth-order valence-electron chi connectivity index (χ4n) is 4.66. The first-order valence-corrected chi connectivity index (χ1v) is 13.6. The van der Waals surface area contributed by atoms with E-state index < -0.39 is 14.7 Å². The van der Waals surface area contributed by atoms with E-state index in [0.29, 0.717) is 30.4 Å². The van der Waals surface area contributed by atoms with Crippen molar-refractivity contribution in [2.24, 2.45) is 0 Å². The van der Waals surface area contributed by atoms with Gasteiger partial charge in [0.15, 0.2) is 0 Å². The van der Waals surface area contributed by atoms with Crippen molar-refractivity contribution in [2.75, 3.05) is 26.2 Å². The molecule has 2 aliphatic rings. The molecule has 0 saturated carbocycles. The lowest BCUT2D eigenvalue weighted by molar-refractivity contribution is 0.0620. The molecular formula is C27H28ClN3O3S. The van der Waals surface area contributed by atoms with Crippen molar-refractivity contribution in [3.63, 3.8) is 0 Å². The number of sulfone groups is 1. The molecular weight excluding hydrogens is 482 g/mol. The maximum atomic E-state index is 13.8. The Kier molecular flexibility index (Phi) is 6.34. The van der Waals surface area contributed by atoms with Crippen molar-refractivity contribution in [2.45, 2.75) is 29.7 Å². The molecule has 2 heterocycles. The Bertz CT molecular complexity index is 1420. The van der Waals surface area contributed by atoms with Crippen molar-refractivity contribution in [3.05, 3.63) is 89.0 Å². The van der Waals surface area contributed by atoms with Crippen LogP contribution in [0.2, 0.25) is 0 Å². The van der Waals surface area contributed by atoms with Crippen LogP contribution >= 0.6 is 11.6 Å². The highest BCUT2D eigenvalue weighted by Crippen LogP contribution is 2.36. The second kappa shape index (κ2) is 9.30. The summed E-state index contributed by atoms with van der Waals surface area (Å²) in [5.74, 6) is -0.290. The van der Waals surface area contributed by atoms with Crippen LogP contribution in [0.5, 0.6) is 0 Å². The predicted octanol–water partition coefficient (Wildman–Crippen LogP) is 4.74. The zero-order valence-corrected chi connectivity index (χ0v) is 21.1. The summed E-state index contributed by atoms with van der Waals surface area (Å²) < 4.78 is 27.6. The number of rotatable bonds is 5. The Hall–Kier alpha value is -2.87. The number of nitrogens with one attached hydrogen (secondary N) is 1. The second-order valence-electron chi connectivity index (χ2n) is 9.35. The van der Waals surface area contributed by atoms with E-state index in [1.807, 2.05) is 31.2 Å². The Balaban J connectivity index is 1.42. The van der Waals surface area contributed by atoms with Crippen LogP contribution in [0.3, 0.4) is 0 Å². The summed E-state index contributed by atoms with van der Waals surface area (Å²) in [6.45, 7) is 5.19. The number of piperazine rings is 1. The van der Waals surface area contributed by atoms with Gasteiger partial charge in [-0.05, 0) is 31.1 Å². The maximum Gasteiger partial charge on any atom is 0.271 e. The SMILES string of the molecule is CC1(Cl)C=CC(S(=O)(=O)c2c(C(=O)N3CCN(Cc4ccccc4)CC3)[nH]c3ccccc23)=CC1. The van der Waals surface area contributed by atoms with Crippen molar-refractivity contribution in [1.82, 2.24) is 14.8 Å². The van der Waals surface area contributed by atoms with E-state index in [1.54, 1.807) is 41.3 Å². The minimum Gasteiger partial charge on any atom is -0.349 e. The van der Waals surface area contributed by atoms with Crippen molar-refractivity contribution < 1.29 is 13.2 Å². The van der Waals surface area contributed by atoms with E-state index >= 15 is 0 Å². The Morgan fingerprint density at radius 3 is 2.40 bits per heavy atom. The summed E-state index contributed by atoms with van der Waals surface area (Å²) in [6.07, 6.45) is 5.28. The van der Waals surface area contributed by atoms with Crippen molar-refractivity contribution in [3.8, 4) is 0 Å². The number of benzene rings is 2. The van der Waals surface area contributed by atoms with Gasteiger partial charge in [0.1, 0.15) is 10.6 Å². The van der Waals surface area contributed by atoms with Crippen LogP contribution in [0.1, 0.15) is 29.4 Å². The van der Waals surface area contributed by atoms with E-state index in [4.69, 9.17) is 11.6 Å². The van der Waals surface area contributed by atoms with Crippen molar-refractivity contribution in [1.29, 1.82) is 0 Å². The number of nitrogens with zero attached hydrogens (tertiary/aromatic N) is 2. The molecule has 1 aliphatic carbocycles. The Morgan fingerprint density at radius 2 is 1.71 bits per heavy atom. The zero-order valence-electron chi connectivity index (χ0n) is 19.6. The predicted molar refractivity (Wildman–Crippen MR) is 139 cm³/mol. The number of fused-ring (bicyclic) bond motifs is 1. The first-order valence-electron chi connectivity index (χ1n) is 11.7. The number of halogens is 1. The highest BCUT2D eigenvalue weighted by molar-refractivity contribution is 7.95. The summed E-state index contributed by atoms with van der Waals surface area (Å²) in [4.78, 5) is 20.4. The minimum atomic E-state index is -3.93. The molecule has 0 radical (unpaired) electrons. The molecule has 1 aliphatic heterocycles. The summed E-state index contributed by atoms with van der Waals surface area (Å²) in [5.41, 5.74) is 1.98. The van der Waals surface area contributed by atoms with Gasteiger partial charge in [-0.3, -0.25) is 9.69 Å². The molecule has 1 atom stereocenters. The number of hydrogen-bond donors (Lipinski definition) is 1. The molecule has 2 aromatic carbocycles. The van der Waals surface area contributed by atoms with Gasteiger partial charge < -0.3 is 9.88 Å². The first kappa shape index (κ1) is 23.9. The van der Waals surface area contributed by atoms with Gasteiger partial charge in [0.2, 0.25) is 9.84 Å². The zero-order chi connectivity index (χ0) is 24.6. The lowest BCUT2D eigenvalue weighted by Crippen LogP contribution is -2.48. The van der Waals surface area contributed by atoms with Gasteiger partial charge in [-0.15, -0.1) is 11.6 Å². The molecule has 1 amide bonds. The minimum absolute atomic E-state index is 0.0406. The lowest BCUT2D eigenvalue weighted by Gasteiger charge is -2.34. The number of para-hydroxylation sites is 1. The highest BCUT2D eigenvalue weighted by atomic mass is 35.5. The monoisotopic (exact) mass is 509 g/mol. The molecule has 1 saturated heterocycles. The van der Waals surface area contributed by atoms with Crippen LogP contribution < -0.4 is 0 Å². The molecule has 6 nitrogen and oxygen atoms in total. The summed E-state index contributed by atoms with van der Waals surface area (Å²) in [7, 11) is -3.93. The molecule has 1 aromatic heterocycles. The summed E-state index contributed by atoms with van der Waals surface area (Å²) in [6, 6.07) is 17.4. The largest absolute Gasteiger partial charge is 0.349 e. The van der Waals surface area contributed by atoms with Gasteiger partial charge in [0.25, 0.3) is 5.91 Å². The van der Waals surface area contributed by atoms with Crippen LogP contribution in [0.25, 0.3) is 10.9 Å². The number of carbonyl (C=O) groups excluding carboxylic acids is 1. The molecule has 1 fully saturated rings. The number of H-pyrrole nitrogens is 1. The highest BCUT2D eigenvalue weighted by Gasteiger charge is 2.34. The van der Waals surface area contributed by atoms with Crippen LogP contribution in [0.4, 0.5) is 0 Å². The first-order chi connectivity index (χ1) is 16.7. The van der Waals surface area contributed by atoms with Gasteiger partial charge in [0.05, 0.1) is 9.78 Å². The third-order valence-corrected chi connectivity index (χ3v) is 8.82. The van der Waals surface area contributed by atoms with Gasteiger partial charge in [-0.2, -0.15) is 0 Å². The van der Waals surface area contributed by atoms with Crippen molar-refractivity contribution >= 4 is 38.2 Å². The molecule has 182 valence electrons. The van der Waals surface area contributed by atoms with Crippen LogP contribution in [-0.4, -0.2) is 60.2 Å². The number of aromatic nitrogens is 1. The maximum absolute atomic E-state index is 13.8. The molecule has 0 spiro atoms. The molecule has 0 bridgehead atoms. The molecule has 1 unspecified atom stereocenters.